The second kappa shape index (κ2) is 11.7. The van der Waals surface area contributed by atoms with Crippen molar-refractivity contribution in [2.24, 2.45) is 5.92 Å². The summed E-state index contributed by atoms with van der Waals surface area (Å²) in [6, 6.07) is 15.6. The normalized spacial score (nSPS) is 16.2. The first kappa shape index (κ1) is 23.8. The quantitative estimate of drug-likeness (QED) is 0.458. The molecule has 2 heterocycles. The molecule has 1 amide bonds. The molecule has 1 unspecified atom stereocenters. The second-order valence-corrected chi connectivity index (χ2v) is 8.56. The lowest BCUT2D eigenvalue weighted by atomic mass is 9.97. The summed E-state index contributed by atoms with van der Waals surface area (Å²) in [5, 5.41) is 7.22. The highest BCUT2D eigenvalue weighted by Gasteiger charge is 2.26. The van der Waals surface area contributed by atoms with E-state index < -0.39 is 0 Å². The number of likely N-dealkylation sites (tertiary alicyclic amines) is 1. The Hall–Kier alpha value is -3.39. The summed E-state index contributed by atoms with van der Waals surface area (Å²) < 4.78 is 15.8. The molecule has 4 rings (SSSR count). The molecule has 34 heavy (non-hydrogen) atoms. The van der Waals surface area contributed by atoms with Crippen molar-refractivity contribution >= 4 is 5.91 Å². The zero-order valence-electron chi connectivity index (χ0n) is 19.8. The molecule has 1 saturated heterocycles. The number of nitrogens with zero attached hydrogens (tertiary/aromatic N) is 3. The molecule has 1 fully saturated rings. The van der Waals surface area contributed by atoms with Gasteiger partial charge in [-0.05, 0) is 74.2 Å². The van der Waals surface area contributed by atoms with E-state index in [0.29, 0.717) is 31.3 Å². The number of carbonyl (C=O) groups excluding carboxylic acids is 1. The third kappa shape index (κ3) is 6.35. The molecule has 8 heteroatoms. The fourth-order valence-corrected chi connectivity index (χ4v) is 4.22. The van der Waals surface area contributed by atoms with E-state index in [2.05, 4.69) is 32.5 Å². The average Bonchev–Trinajstić information content (AvgIpc) is 3.35. The van der Waals surface area contributed by atoms with Gasteiger partial charge in [-0.1, -0.05) is 17.3 Å². The monoisotopic (exact) mass is 464 g/mol. The molecule has 2 aromatic carbocycles. The molecule has 0 aliphatic carbocycles. The molecular formula is C26H32N4O4. The highest BCUT2D eigenvalue weighted by atomic mass is 16.5. The molecule has 1 atom stereocenters. The van der Waals surface area contributed by atoms with Crippen molar-refractivity contribution in [3.05, 3.63) is 60.0 Å². The van der Waals surface area contributed by atoms with Crippen LogP contribution >= 0.6 is 0 Å². The van der Waals surface area contributed by atoms with E-state index in [1.807, 2.05) is 36.4 Å². The minimum atomic E-state index is -0.0151. The number of amides is 1. The SMILES string of the molecule is COc1ccc(CCCNC(=O)C2CCCN(Cc3nc(-c4ccc(OC)cc4)no3)C2)cc1. The molecule has 0 spiro atoms. The third-order valence-electron chi connectivity index (χ3n) is 6.15. The number of hydrogen-bond acceptors (Lipinski definition) is 7. The van der Waals surface area contributed by atoms with Gasteiger partial charge in [-0.3, -0.25) is 9.69 Å². The van der Waals surface area contributed by atoms with Gasteiger partial charge in [-0.2, -0.15) is 4.98 Å². The highest BCUT2D eigenvalue weighted by molar-refractivity contribution is 5.78. The Labute approximate surface area is 200 Å². The van der Waals surface area contributed by atoms with Crippen molar-refractivity contribution in [3.8, 4) is 22.9 Å². The fourth-order valence-electron chi connectivity index (χ4n) is 4.22. The minimum absolute atomic E-state index is 0.0151. The Bertz CT molecular complexity index is 1050. The van der Waals surface area contributed by atoms with Crippen LogP contribution in [0, 0.1) is 5.92 Å². The Balaban J connectivity index is 1.22. The van der Waals surface area contributed by atoms with Crippen LogP contribution < -0.4 is 14.8 Å². The number of carbonyl (C=O) groups is 1. The van der Waals surface area contributed by atoms with Crippen molar-refractivity contribution in [2.45, 2.75) is 32.2 Å². The molecule has 1 aromatic heterocycles. The fraction of sp³-hybridized carbons (Fsp3) is 0.423. The van der Waals surface area contributed by atoms with Gasteiger partial charge < -0.3 is 19.3 Å². The number of methoxy groups -OCH3 is 2. The van der Waals surface area contributed by atoms with Crippen LogP contribution in [-0.2, 0) is 17.8 Å². The summed E-state index contributed by atoms with van der Waals surface area (Å²) in [5.41, 5.74) is 2.12. The maximum Gasteiger partial charge on any atom is 0.241 e. The maximum atomic E-state index is 12.7. The van der Waals surface area contributed by atoms with E-state index >= 15 is 0 Å². The number of rotatable bonds is 10. The van der Waals surface area contributed by atoms with Gasteiger partial charge in [-0.15, -0.1) is 0 Å². The largest absolute Gasteiger partial charge is 0.497 e. The van der Waals surface area contributed by atoms with Gasteiger partial charge in [-0.25, -0.2) is 0 Å². The molecule has 0 bridgehead atoms. The lowest BCUT2D eigenvalue weighted by Gasteiger charge is -2.30. The molecule has 3 aromatic rings. The van der Waals surface area contributed by atoms with E-state index in [-0.39, 0.29) is 11.8 Å². The third-order valence-corrected chi connectivity index (χ3v) is 6.15. The number of aromatic nitrogens is 2. The predicted molar refractivity (Wildman–Crippen MR) is 129 cm³/mol. The zero-order valence-corrected chi connectivity index (χ0v) is 19.8. The molecule has 1 aliphatic heterocycles. The first-order valence-corrected chi connectivity index (χ1v) is 11.7. The summed E-state index contributed by atoms with van der Waals surface area (Å²) in [5.74, 6) is 2.87. The van der Waals surface area contributed by atoms with E-state index in [0.717, 1.165) is 49.3 Å². The molecule has 8 nitrogen and oxygen atoms in total. The summed E-state index contributed by atoms with van der Waals surface area (Å²) in [4.78, 5) is 19.5. The van der Waals surface area contributed by atoms with Crippen molar-refractivity contribution in [3.63, 3.8) is 0 Å². The summed E-state index contributed by atoms with van der Waals surface area (Å²) in [7, 11) is 3.30. The Morgan fingerprint density at radius 2 is 1.79 bits per heavy atom. The topological polar surface area (TPSA) is 89.7 Å². The van der Waals surface area contributed by atoms with Crippen LogP contribution in [0.25, 0.3) is 11.4 Å². The average molecular weight is 465 g/mol. The van der Waals surface area contributed by atoms with Crippen LogP contribution in [-0.4, -0.2) is 54.8 Å². The van der Waals surface area contributed by atoms with Crippen molar-refractivity contribution in [2.75, 3.05) is 33.9 Å². The van der Waals surface area contributed by atoms with Gasteiger partial charge in [0.05, 0.1) is 26.7 Å². The predicted octanol–water partition coefficient (Wildman–Crippen LogP) is 3.71. The molecule has 0 radical (unpaired) electrons. The zero-order chi connectivity index (χ0) is 23.8. The molecule has 1 aliphatic rings. The lowest BCUT2D eigenvalue weighted by Crippen LogP contribution is -2.43. The van der Waals surface area contributed by atoms with Crippen LogP contribution in [0.15, 0.2) is 53.1 Å². The van der Waals surface area contributed by atoms with E-state index in [1.54, 1.807) is 14.2 Å². The highest BCUT2D eigenvalue weighted by Crippen LogP contribution is 2.22. The van der Waals surface area contributed by atoms with Gasteiger partial charge in [0.25, 0.3) is 0 Å². The Kier molecular flexibility index (Phi) is 8.14. The van der Waals surface area contributed by atoms with Gasteiger partial charge >= 0.3 is 0 Å². The van der Waals surface area contributed by atoms with Crippen molar-refractivity contribution in [1.29, 1.82) is 0 Å². The van der Waals surface area contributed by atoms with Crippen LogP contribution in [0.1, 0.15) is 30.7 Å². The summed E-state index contributed by atoms with van der Waals surface area (Å²) >= 11 is 0. The number of benzene rings is 2. The Morgan fingerprint density at radius 3 is 2.50 bits per heavy atom. The van der Waals surface area contributed by atoms with Crippen molar-refractivity contribution in [1.82, 2.24) is 20.4 Å². The maximum absolute atomic E-state index is 12.7. The van der Waals surface area contributed by atoms with Gasteiger partial charge in [0.15, 0.2) is 0 Å². The van der Waals surface area contributed by atoms with E-state index in [4.69, 9.17) is 14.0 Å². The molecule has 1 N–H and O–H groups in total. The summed E-state index contributed by atoms with van der Waals surface area (Å²) in [6.45, 7) is 2.84. The van der Waals surface area contributed by atoms with E-state index in [9.17, 15) is 4.79 Å². The smallest absolute Gasteiger partial charge is 0.241 e. The molecule has 0 saturated carbocycles. The number of hydrogen-bond donors (Lipinski definition) is 1. The molecule has 180 valence electrons. The summed E-state index contributed by atoms with van der Waals surface area (Å²) in [6.07, 6.45) is 3.71. The van der Waals surface area contributed by atoms with Crippen molar-refractivity contribution < 1.29 is 18.8 Å². The first-order valence-electron chi connectivity index (χ1n) is 11.7. The minimum Gasteiger partial charge on any atom is -0.497 e. The number of piperidine rings is 1. The van der Waals surface area contributed by atoms with Crippen LogP contribution in [0.5, 0.6) is 11.5 Å². The molecular weight excluding hydrogens is 432 g/mol. The number of ether oxygens (including phenoxy) is 2. The second-order valence-electron chi connectivity index (χ2n) is 8.56. The number of aryl methyl sites for hydroxylation is 1. The standard InChI is InChI=1S/C26H32N4O4/c1-32-22-11-7-19(8-12-22)5-3-15-27-26(31)21-6-4-16-30(17-21)18-24-28-25(29-34-24)20-9-13-23(33-2)14-10-20/h7-14,21H,3-6,15-18H2,1-2H3,(H,27,31). The lowest BCUT2D eigenvalue weighted by molar-refractivity contribution is -0.126. The van der Waals surface area contributed by atoms with Gasteiger partial charge in [0.1, 0.15) is 11.5 Å². The van der Waals surface area contributed by atoms with Gasteiger partial charge in [0.2, 0.25) is 17.6 Å². The van der Waals surface area contributed by atoms with Crippen LogP contribution in [0.3, 0.4) is 0 Å². The Morgan fingerprint density at radius 1 is 1.09 bits per heavy atom. The van der Waals surface area contributed by atoms with E-state index in [1.165, 1.54) is 5.56 Å². The number of nitrogens with one attached hydrogen (secondary N) is 1. The first-order chi connectivity index (χ1) is 16.6. The van der Waals surface area contributed by atoms with Crippen LogP contribution in [0.2, 0.25) is 0 Å². The van der Waals surface area contributed by atoms with Crippen LogP contribution in [0.4, 0.5) is 0 Å². The van der Waals surface area contributed by atoms with Gasteiger partial charge in [0, 0.05) is 18.7 Å².